The first kappa shape index (κ1) is 14.3. The van der Waals surface area contributed by atoms with E-state index in [1.165, 1.54) is 25.7 Å². The number of nitrogens with zero attached hydrogens (tertiary/aromatic N) is 1. The van der Waals surface area contributed by atoms with E-state index in [1.807, 2.05) is 13.8 Å². The summed E-state index contributed by atoms with van der Waals surface area (Å²) >= 11 is 0. The molecule has 0 spiro atoms. The Bertz CT molecular complexity index is 365. The van der Waals surface area contributed by atoms with E-state index < -0.39 is 10.0 Å². The fourth-order valence-electron chi connectivity index (χ4n) is 3.61. The van der Waals surface area contributed by atoms with Gasteiger partial charge in [0.2, 0.25) is 10.0 Å². The molecule has 0 unspecified atom stereocenters. The summed E-state index contributed by atoms with van der Waals surface area (Å²) in [6.07, 6.45) is 5.35. The second-order valence-corrected chi connectivity index (χ2v) is 7.72. The van der Waals surface area contributed by atoms with Gasteiger partial charge < -0.3 is 5.32 Å². The van der Waals surface area contributed by atoms with Gasteiger partial charge in [-0.1, -0.05) is 20.3 Å². The molecule has 0 heterocycles. The van der Waals surface area contributed by atoms with Gasteiger partial charge in [0, 0.05) is 25.7 Å². The van der Waals surface area contributed by atoms with Gasteiger partial charge in [0.05, 0.1) is 5.75 Å². The molecule has 0 amide bonds. The van der Waals surface area contributed by atoms with E-state index >= 15 is 0 Å². The minimum Gasteiger partial charge on any atom is -0.313 e. The van der Waals surface area contributed by atoms with Crippen LogP contribution in [-0.4, -0.2) is 44.2 Å². The van der Waals surface area contributed by atoms with Crippen LogP contribution in [0.25, 0.3) is 0 Å². The molecule has 2 aliphatic carbocycles. The van der Waals surface area contributed by atoms with Crippen LogP contribution >= 0.6 is 0 Å². The van der Waals surface area contributed by atoms with Crippen molar-refractivity contribution in [3.05, 3.63) is 0 Å². The predicted molar refractivity (Wildman–Crippen MR) is 73.9 cm³/mol. The second-order valence-electron chi connectivity index (χ2n) is 5.64. The van der Waals surface area contributed by atoms with Gasteiger partial charge in [-0.25, -0.2) is 12.7 Å². The molecule has 0 saturated heterocycles. The zero-order chi connectivity index (χ0) is 13.2. The van der Waals surface area contributed by atoms with Crippen LogP contribution < -0.4 is 5.32 Å². The van der Waals surface area contributed by atoms with Crippen molar-refractivity contribution >= 4 is 10.0 Å². The normalized spacial score (nSPS) is 31.4. The number of sulfonamides is 1. The topological polar surface area (TPSA) is 49.4 Å². The van der Waals surface area contributed by atoms with Crippen LogP contribution in [0.4, 0.5) is 0 Å². The third-order valence-electron chi connectivity index (χ3n) is 4.60. The van der Waals surface area contributed by atoms with E-state index in [1.54, 1.807) is 4.31 Å². The highest BCUT2D eigenvalue weighted by Crippen LogP contribution is 2.44. The van der Waals surface area contributed by atoms with Crippen LogP contribution in [0.5, 0.6) is 0 Å². The predicted octanol–water partition coefficient (Wildman–Crippen LogP) is 1.44. The van der Waals surface area contributed by atoms with Gasteiger partial charge in [-0.3, -0.25) is 0 Å². The van der Waals surface area contributed by atoms with Crippen LogP contribution in [-0.2, 0) is 10.0 Å². The lowest BCUT2D eigenvalue weighted by atomic mass is 9.95. The molecule has 0 aromatic carbocycles. The Balaban J connectivity index is 1.75. The van der Waals surface area contributed by atoms with E-state index in [4.69, 9.17) is 0 Å². The minimum absolute atomic E-state index is 0.239. The average Bonchev–Trinajstić information content (AvgIpc) is 2.92. The Morgan fingerprint density at radius 1 is 1.17 bits per heavy atom. The average molecular weight is 274 g/mol. The molecular formula is C13H26N2O2S. The maximum Gasteiger partial charge on any atom is 0.215 e. The zero-order valence-electron chi connectivity index (χ0n) is 11.6. The Kier molecular flexibility index (Phi) is 4.67. The lowest BCUT2D eigenvalue weighted by molar-refractivity contribution is 0.357. The summed E-state index contributed by atoms with van der Waals surface area (Å²) in [5, 5.41) is 3.47. The van der Waals surface area contributed by atoms with Crippen molar-refractivity contribution in [3.63, 3.8) is 0 Å². The van der Waals surface area contributed by atoms with E-state index in [0.717, 1.165) is 11.8 Å². The molecule has 0 aromatic rings. The summed E-state index contributed by atoms with van der Waals surface area (Å²) in [5.41, 5.74) is 0. The van der Waals surface area contributed by atoms with Crippen molar-refractivity contribution in [2.45, 2.75) is 45.6 Å². The van der Waals surface area contributed by atoms with Gasteiger partial charge in [0.25, 0.3) is 0 Å². The molecule has 2 fully saturated rings. The van der Waals surface area contributed by atoms with Crippen molar-refractivity contribution in [2.24, 2.45) is 11.8 Å². The van der Waals surface area contributed by atoms with Crippen molar-refractivity contribution < 1.29 is 8.42 Å². The Hall–Kier alpha value is -0.130. The molecule has 106 valence electrons. The van der Waals surface area contributed by atoms with Gasteiger partial charge in [-0.05, 0) is 31.1 Å². The smallest absolute Gasteiger partial charge is 0.215 e. The summed E-state index contributed by atoms with van der Waals surface area (Å²) in [5.74, 6) is 1.96. The third-order valence-corrected chi connectivity index (χ3v) is 6.63. The summed E-state index contributed by atoms with van der Waals surface area (Å²) in [7, 11) is -3.06. The molecule has 0 radical (unpaired) electrons. The van der Waals surface area contributed by atoms with Crippen molar-refractivity contribution in [2.75, 3.05) is 25.4 Å². The summed E-state index contributed by atoms with van der Waals surface area (Å²) in [4.78, 5) is 0. The number of rotatable bonds is 7. The van der Waals surface area contributed by atoms with E-state index in [-0.39, 0.29) is 5.75 Å². The molecule has 2 rings (SSSR count). The molecular weight excluding hydrogens is 248 g/mol. The minimum atomic E-state index is -3.06. The van der Waals surface area contributed by atoms with Gasteiger partial charge >= 0.3 is 0 Å². The standard InChI is InChI=1S/C13H26N2O2S/c1-3-15(4-2)18(16,17)8-7-14-13-10-11-5-6-12(13)9-11/h11-14H,3-10H2,1-2H3/t11-,12-,13+/m0/s1. The first-order valence-electron chi connectivity index (χ1n) is 7.28. The lowest BCUT2D eigenvalue weighted by Gasteiger charge is -2.24. The first-order chi connectivity index (χ1) is 8.56. The van der Waals surface area contributed by atoms with Gasteiger partial charge in [0.15, 0.2) is 0 Å². The highest BCUT2D eigenvalue weighted by Gasteiger charge is 2.39. The molecule has 2 aliphatic rings. The van der Waals surface area contributed by atoms with Crippen LogP contribution in [0.1, 0.15) is 39.5 Å². The monoisotopic (exact) mass is 274 g/mol. The molecule has 2 bridgehead atoms. The number of hydrogen-bond donors (Lipinski definition) is 1. The van der Waals surface area contributed by atoms with Crippen molar-refractivity contribution in [1.82, 2.24) is 9.62 Å². The van der Waals surface area contributed by atoms with Gasteiger partial charge in [0.1, 0.15) is 0 Å². The highest BCUT2D eigenvalue weighted by atomic mass is 32.2. The largest absolute Gasteiger partial charge is 0.313 e. The van der Waals surface area contributed by atoms with E-state index in [0.29, 0.717) is 25.7 Å². The fraction of sp³-hybridized carbons (Fsp3) is 1.00. The second kappa shape index (κ2) is 5.88. The summed E-state index contributed by atoms with van der Waals surface area (Å²) < 4.78 is 25.6. The SMILES string of the molecule is CCN(CC)S(=O)(=O)CCN[C@@H]1C[C@H]2CC[C@H]1C2. The van der Waals surface area contributed by atoms with Crippen LogP contribution in [0, 0.1) is 11.8 Å². The molecule has 2 saturated carbocycles. The molecule has 5 heteroatoms. The quantitative estimate of drug-likeness (QED) is 0.764. The van der Waals surface area contributed by atoms with Gasteiger partial charge in [-0.2, -0.15) is 0 Å². The van der Waals surface area contributed by atoms with Crippen molar-refractivity contribution in [3.8, 4) is 0 Å². The molecule has 3 atom stereocenters. The molecule has 4 nitrogen and oxygen atoms in total. The van der Waals surface area contributed by atoms with Gasteiger partial charge in [-0.15, -0.1) is 0 Å². The molecule has 18 heavy (non-hydrogen) atoms. The lowest BCUT2D eigenvalue weighted by Crippen LogP contribution is -2.40. The number of nitrogens with one attached hydrogen (secondary N) is 1. The van der Waals surface area contributed by atoms with Crippen LogP contribution in [0.2, 0.25) is 0 Å². The maximum absolute atomic E-state index is 12.0. The van der Waals surface area contributed by atoms with E-state index in [9.17, 15) is 8.42 Å². The maximum atomic E-state index is 12.0. The third kappa shape index (κ3) is 3.06. The Morgan fingerprint density at radius 3 is 2.39 bits per heavy atom. The first-order valence-corrected chi connectivity index (χ1v) is 8.89. The summed E-state index contributed by atoms with van der Waals surface area (Å²) in [6.45, 7) is 5.54. The van der Waals surface area contributed by atoms with Crippen molar-refractivity contribution in [1.29, 1.82) is 0 Å². The number of hydrogen-bond acceptors (Lipinski definition) is 3. The highest BCUT2D eigenvalue weighted by molar-refractivity contribution is 7.89. The molecule has 0 aliphatic heterocycles. The Labute approximate surface area is 111 Å². The Morgan fingerprint density at radius 2 is 1.89 bits per heavy atom. The zero-order valence-corrected chi connectivity index (χ0v) is 12.4. The fourth-order valence-corrected chi connectivity index (χ4v) is 5.03. The molecule has 1 N–H and O–H groups in total. The number of fused-ring (bicyclic) bond motifs is 2. The van der Waals surface area contributed by atoms with E-state index in [2.05, 4.69) is 5.32 Å². The summed E-state index contributed by atoms with van der Waals surface area (Å²) in [6, 6.07) is 0.579. The molecule has 0 aromatic heterocycles. The van der Waals surface area contributed by atoms with Crippen LogP contribution in [0.3, 0.4) is 0 Å². The van der Waals surface area contributed by atoms with Crippen LogP contribution in [0.15, 0.2) is 0 Å².